The Bertz CT molecular complexity index is 801. The summed E-state index contributed by atoms with van der Waals surface area (Å²) in [4.78, 5) is 26.3. The van der Waals surface area contributed by atoms with Crippen LogP contribution < -0.4 is 4.90 Å². The number of amides is 1. The first-order chi connectivity index (χ1) is 12.7. The third-order valence-electron chi connectivity index (χ3n) is 5.78. The average Bonchev–Trinajstić information content (AvgIpc) is 3.16. The molecule has 0 saturated carbocycles. The van der Waals surface area contributed by atoms with Crippen molar-refractivity contribution in [2.24, 2.45) is 5.92 Å². The van der Waals surface area contributed by atoms with E-state index in [0.717, 1.165) is 67.9 Å². The summed E-state index contributed by atoms with van der Waals surface area (Å²) in [5, 5.41) is 10.6. The number of hydrogen-bond acceptors (Lipinski definition) is 5. The Morgan fingerprint density at radius 2 is 1.92 bits per heavy atom. The van der Waals surface area contributed by atoms with E-state index in [2.05, 4.69) is 9.88 Å². The standard InChI is InChI=1S/C20H26N4O2/c1-14-17-6-2-3-7-18(17)22-20(21-14)23-11-8-15(9-12-23)19(26)24-10-4-5-16(24)13-25/h2-3,6-7,15-16,25H,4-5,8-13H2,1H3/t16-/m0/s1. The minimum Gasteiger partial charge on any atom is -0.394 e. The van der Waals surface area contributed by atoms with E-state index in [9.17, 15) is 9.90 Å². The van der Waals surface area contributed by atoms with Crippen LogP contribution in [0.4, 0.5) is 5.95 Å². The number of rotatable bonds is 3. The molecule has 4 rings (SSSR count). The summed E-state index contributed by atoms with van der Waals surface area (Å²) >= 11 is 0. The topological polar surface area (TPSA) is 69.6 Å². The number of para-hydroxylation sites is 1. The highest BCUT2D eigenvalue weighted by Gasteiger charge is 2.34. The number of carbonyl (C=O) groups excluding carboxylic acids is 1. The fourth-order valence-electron chi connectivity index (χ4n) is 4.24. The quantitative estimate of drug-likeness (QED) is 0.914. The van der Waals surface area contributed by atoms with Crippen LogP contribution in [0.25, 0.3) is 10.9 Å². The van der Waals surface area contributed by atoms with Gasteiger partial charge in [0.1, 0.15) is 0 Å². The highest BCUT2D eigenvalue weighted by molar-refractivity contribution is 5.82. The zero-order chi connectivity index (χ0) is 18.1. The largest absolute Gasteiger partial charge is 0.394 e. The lowest BCUT2D eigenvalue weighted by atomic mass is 9.95. The number of aliphatic hydroxyl groups is 1. The zero-order valence-corrected chi connectivity index (χ0v) is 15.3. The summed E-state index contributed by atoms with van der Waals surface area (Å²) in [6.45, 7) is 4.48. The van der Waals surface area contributed by atoms with Gasteiger partial charge in [-0.3, -0.25) is 4.79 Å². The molecule has 3 heterocycles. The van der Waals surface area contributed by atoms with E-state index in [1.165, 1.54) is 0 Å². The number of aliphatic hydroxyl groups excluding tert-OH is 1. The summed E-state index contributed by atoms with van der Waals surface area (Å²) in [7, 11) is 0. The van der Waals surface area contributed by atoms with Crippen molar-refractivity contribution in [3.05, 3.63) is 30.0 Å². The normalized spacial score (nSPS) is 21.5. The first kappa shape index (κ1) is 17.2. The number of aromatic nitrogens is 2. The number of carbonyl (C=O) groups is 1. The SMILES string of the molecule is Cc1nc(N2CCC(C(=O)N3CCC[C@H]3CO)CC2)nc2ccccc12. The Hall–Kier alpha value is -2.21. The van der Waals surface area contributed by atoms with Gasteiger partial charge in [-0.05, 0) is 38.7 Å². The fourth-order valence-corrected chi connectivity index (χ4v) is 4.24. The van der Waals surface area contributed by atoms with Gasteiger partial charge < -0.3 is 14.9 Å². The van der Waals surface area contributed by atoms with Crippen molar-refractivity contribution in [2.75, 3.05) is 31.1 Å². The molecule has 0 bridgehead atoms. The molecule has 1 aromatic carbocycles. The highest BCUT2D eigenvalue weighted by Crippen LogP contribution is 2.27. The molecule has 1 N–H and O–H groups in total. The molecule has 0 spiro atoms. The number of nitrogens with zero attached hydrogens (tertiary/aromatic N) is 4. The number of anilines is 1. The van der Waals surface area contributed by atoms with Crippen LogP contribution in [0.3, 0.4) is 0 Å². The van der Waals surface area contributed by atoms with E-state index in [1.807, 2.05) is 36.1 Å². The van der Waals surface area contributed by atoms with E-state index in [1.54, 1.807) is 0 Å². The third-order valence-corrected chi connectivity index (χ3v) is 5.78. The number of hydrogen-bond donors (Lipinski definition) is 1. The van der Waals surface area contributed by atoms with E-state index < -0.39 is 0 Å². The number of benzene rings is 1. The Morgan fingerprint density at radius 3 is 2.69 bits per heavy atom. The minimum absolute atomic E-state index is 0.0204. The van der Waals surface area contributed by atoms with Gasteiger partial charge in [-0.1, -0.05) is 18.2 Å². The van der Waals surface area contributed by atoms with Gasteiger partial charge in [-0.15, -0.1) is 0 Å². The fraction of sp³-hybridized carbons (Fsp3) is 0.550. The van der Waals surface area contributed by atoms with Crippen LogP contribution in [0.2, 0.25) is 0 Å². The molecule has 1 aromatic heterocycles. The van der Waals surface area contributed by atoms with Gasteiger partial charge in [-0.25, -0.2) is 9.97 Å². The molecule has 2 saturated heterocycles. The Balaban J connectivity index is 1.44. The molecule has 6 nitrogen and oxygen atoms in total. The van der Waals surface area contributed by atoms with Crippen LogP contribution in [0.15, 0.2) is 24.3 Å². The number of fused-ring (bicyclic) bond motifs is 1. The Morgan fingerprint density at radius 1 is 1.15 bits per heavy atom. The second-order valence-electron chi connectivity index (χ2n) is 7.40. The molecular formula is C20H26N4O2. The molecule has 138 valence electrons. The van der Waals surface area contributed by atoms with Crippen LogP contribution in [0, 0.1) is 12.8 Å². The van der Waals surface area contributed by atoms with Gasteiger partial charge in [0.25, 0.3) is 0 Å². The van der Waals surface area contributed by atoms with Crippen molar-refractivity contribution < 1.29 is 9.90 Å². The maximum absolute atomic E-state index is 12.8. The average molecular weight is 354 g/mol. The molecule has 0 aliphatic carbocycles. The van der Waals surface area contributed by atoms with Gasteiger partial charge in [0, 0.05) is 30.9 Å². The molecule has 26 heavy (non-hydrogen) atoms. The van der Waals surface area contributed by atoms with Crippen molar-refractivity contribution in [1.29, 1.82) is 0 Å². The van der Waals surface area contributed by atoms with Crippen molar-refractivity contribution in [2.45, 2.75) is 38.6 Å². The van der Waals surface area contributed by atoms with Gasteiger partial charge in [0.15, 0.2) is 0 Å². The second kappa shape index (κ2) is 7.19. The predicted octanol–water partition coefficient (Wildman–Crippen LogP) is 2.14. The first-order valence-electron chi connectivity index (χ1n) is 9.57. The maximum atomic E-state index is 12.8. The second-order valence-corrected chi connectivity index (χ2v) is 7.40. The van der Waals surface area contributed by atoms with Gasteiger partial charge in [-0.2, -0.15) is 0 Å². The lowest BCUT2D eigenvalue weighted by Crippen LogP contribution is -2.45. The van der Waals surface area contributed by atoms with Crippen molar-refractivity contribution in [3.63, 3.8) is 0 Å². The van der Waals surface area contributed by atoms with Crippen LogP contribution in [0.5, 0.6) is 0 Å². The van der Waals surface area contributed by atoms with Gasteiger partial charge >= 0.3 is 0 Å². The number of aryl methyl sites for hydroxylation is 1. The molecule has 2 aliphatic rings. The number of piperidine rings is 1. The van der Waals surface area contributed by atoms with E-state index in [-0.39, 0.29) is 24.5 Å². The maximum Gasteiger partial charge on any atom is 0.226 e. The molecule has 6 heteroatoms. The summed E-state index contributed by atoms with van der Waals surface area (Å²) < 4.78 is 0. The van der Waals surface area contributed by atoms with Crippen LogP contribution in [-0.4, -0.2) is 58.2 Å². The summed E-state index contributed by atoms with van der Waals surface area (Å²) in [6.07, 6.45) is 3.57. The zero-order valence-electron chi connectivity index (χ0n) is 15.3. The van der Waals surface area contributed by atoms with Crippen LogP contribution in [0.1, 0.15) is 31.4 Å². The smallest absolute Gasteiger partial charge is 0.226 e. The molecule has 1 atom stereocenters. The molecule has 2 aromatic rings. The lowest BCUT2D eigenvalue weighted by Gasteiger charge is -2.34. The first-order valence-corrected chi connectivity index (χ1v) is 9.57. The predicted molar refractivity (Wildman–Crippen MR) is 101 cm³/mol. The van der Waals surface area contributed by atoms with E-state index >= 15 is 0 Å². The molecule has 1 amide bonds. The van der Waals surface area contributed by atoms with Crippen molar-refractivity contribution in [3.8, 4) is 0 Å². The van der Waals surface area contributed by atoms with E-state index in [0.29, 0.717) is 0 Å². The third kappa shape index (κ3) is 3.14. The molecular weight excluding hydrogens is 328 g/mol. The monoisotopic (exact) mass is 354 g/mol. The van der Waals surface area contributed by atoms with Crippen LogP contribution >= 0.6 is 0 Å². The molecule has 0 unspecified atom stereocenters. The lowest BCUT2D eigenvalue weighted by molar-refractivity contribution is -0.137. The van der Waals surface area contributed by atoms with Gasteiger partial charge in [0.05, 0.1) is 23.9 Å². The molecule has 2 fully saturated rings. The number of likely N-dealkylation sites (tertiary alicyclic amines) is 1. The van der Waals surface area contributed by atoms with Crippen molar-refractivity contribution in [1.82, 2.24) is 14.9 Å². The molecule has 0 radical (unpaired) electrons. The summed E-state index contributed by atoms with van der Waals surface area (Å²) in [5.41, 5.74) is 1.96. The molecule has 2 aliphatic heterocycles. The van der Waals surface area contributed by atoms with Crippen LogP contribution in [-0.2, 0) is 4.79 Å². The minimum atomic E-state index is 0.0204. The summed E-state index contributed by atoms with van der Waals surface area (Å²) in [6, 6.07) is 8.09. The highest BCUT2D eigenvalue weighted by atomic mass is 16.3. The Labute approximate surface area is 153 Å². The van der Waals surface area contributed by atoms with Gasteiger partial charge in [0.2, 0.25) is 11.9 Å². The summed E-state index contributed by atoms with van der Waals surface area (Å²) in [5.74, 6) is 1.04. The van der Waals surface area contributed by atoms with E-state index in [4.69, 9.17) is 4.98 Å². The van der Waals surface area contributed by atoms with Crippen molar-refractivity contribution >= 4 is 22.8 Å². The Kier molecular flexibility index (Phi) is 4.76.